The first-order chi connectivity index (χ1) is 21.5. The number of aryl methyl sites for hydroxylation is 2. The Morgan fingerprint density at radius 2 is 1.91 bits per heavy atom. The van der Waals surface area contributed by atoms with E-state index in [0.29, 0.717) is 41.2 Å². The maximum Gasteiger partial charge on any atom is 0.308 e. The average Bonchev–Trinajstić information content (AvgIpc) is 3.59. The van der Waals surface area contributed by atoms with Gasteiger partial charge in [-0.05, 0) is 50.5 Å². The van der Waals surface area contributed by atoms with E-state index >= 15 is 0 Å². The summed E-state index contributed by atoms with van der Waals surface area (Å²) in [5, 5.41) is 8.11. The van der Waals surface area contributed by atoms with Gasteiger partial charge < -0.3 is 14.0 Å². The fraction of sp³-hybridized carbons (Fsp3) is 0.484. The Hall–Kier alpha value is -3.75. The Kier molecular flexibility index (Phi) is 11.0. The lowest BCUT2D eigenvalue weighted by molar-refractivity contribution is -0.0177. The van der Waals surface area contributed by atoms with Crippen molar-refractivity contribution in [1.29, 1.82) is 0 Å². The van der Waals surface area contributed by atoms with Crippen LogP contribution < -0.4 is 4.31 Å². The first-order valence-electron chi connectivity index (χ1n) is 14.9. The minimum Gasteiger partial charge on any atom is -0.377 e. The van der Waals surface area contributed by atoms with Crippen molar-refractivity contribution in [2.75, 3.05) is 24.8 Å². The number of methoxy groups -OCH3 is 1. The van der Waals surface area contributed by atoms with Crippen molar-refractivity contribution in [2.24, 2.45) is 0 Å². The SMILES string of the molecule is CCCCc1nc(C(F)(F)CC)nn1Cc1ccc(-c2ncccc2S(=O)(=O)N(COC)c2onc(C)c2C)c(COCC)c1. The number of pyridine rings is 1. The molecule has 0 saturated heterocycles. The summed E-state index contributed by atoms with van der Waals surface area (Å²) in [4.78, 5) is 8.63. The summed E-state index contributed by atoms with van der Waals surface area (Å²) in [6.45, 7) is 9.19. The third-order valence-electron chi connectivity index (χ3n) is 7.44. The van der Waals surface area contributed by atoms with Gasteiger partial charge in [-0.25, -0.2) is 22.4 Å². The lowest BCUT2D eigenvalue weighted by atomic mass is 10.0. The Morgan fingerprint density at radius 3 is 2.56 bits per heavy atom. The zero-order valence-electron chi connectivity index (χ0n) is 26.5. The van der Waals surface area contributed by atoms with E-state index in [2.05, 4.69) is 20.2 Å². The summed E-state index contributed by atoms with van der Waals surface area (Å²) >= 11 is 0. The quantitative estimate of drug-likeness (QED) is 0.131. The number of nitrogens with zero attached hydrogens (tertiary/aromatic N) is 6. The number of hydrogen-bond donors (Lipinski definition) is 0. The summed E-state index contributed by atoms with van der Waals surface area (Å²) in [6.07, 6.45) is 3.30. The monoisotopic (exact) mass is 646 g/mol. The molecule has 244 valence electrons. The van der Waals surface area contributed by atoms with Crippen LogP contribution in [0.2, 0.25) is 0 Å². The molecule has 0 bridgehead atoms. The molecule has 14 heteroatoms. The van der Waals surface area contributed by atoms with E-state index < -0.39 is 28.2 Å². The molecule has 1 aromatic carbocycles. The second-order valence-corrected chi connectivity index (χ2v) is 12.4. The molecule has 11 nitrogen and oxygen atoms in total. The van der Waals surface area contributed by atoms with Gasteiger partial charge in [0.1, 0.15) is 17.5 Å². The molecule has 3 aromatic heterocycles. The highest BCUT2D eigenvalue weighted by atomic mass is 32.2. The number of unbranched alkanes of at least 4 members (excludes halogenated alkanes) is 1. The fourth-order valence-corrected chi connectivity index (χ4v) is 6.25. The van der Waals surface area contributed by atoms with E-state index in [-0.39, 0.29) is 36.4 Å². The largest absolute Gasteiger partial charge is 0.377 e. The van der Waals surface area contributed by atoms with Crippen molar-refractivity contribution < 1.29 is 31.2 Å². The number of halogens is 2. The first kappa shape index (κ1) is 34.1. The smallest absolute Gasteiger partial charge is 0.308 e. The molecule has 4 rings (SSSR count). The summed E-state index contributed by atoms with van der Waals surface area (Å²) in [5.74, 6) is -3.07. The van der Waals surface area contributed by atoms with Crippen molar-refractivity contribution in [3.63, 3.8) is 0 Å². The predicted molar refractivity (Wildman–Crippen MR) is 164 cm³/mol. The number of sulfonamides is 1. The van der Waals surface area contributed by atoms with Crippen LogP contribution in [-0.4, -0.2) is 53.8 Å². The van der Waals surface area contributed by atoms with Crippen LogP contribution in [0.1, 0.15) is 74.1 Å². The number of anilines is 1. The molecule has 0 radical (unpaired) electrons. The third kappa shape index (κ3) is 7.39. The third-order valence-corrected chi connectivity index (χ3v) is 9.17. The molecular formula is C31H40F2N6O5S. The van der Waals surface area contributed by atoms with Crippen molar-refractivity contribution in [2.45, 2.75) is 84.3 Å². The van der Waals surface area contributed by atoms with E-state index in [1.807, 2.05) is 19.9 Å². The van der Waals surface area contributed by atoms with E-state index in [0.717, 1.165) is 22.7 Å². The van der Waals surface area contributed by atoms with Gasteiger partial charge in [0.15, 0.2) is 0 Å². The van der Waals surface area contributed by atoms with Gasteiger partial charge in [0, 0.05) is 43.9 Å². The standard InChI is InChI=1S/C31H40F2N6O5S/c1-7-10-13-27-35-30(31(32,33)8-2)36-38(27)18-23-14-15-25(24(17-23)19-43-9-3)28-26(12-11-16-34-28)45(40,41)39(20-42-6)29-21(4)22(5)37-44-29/h11-12,14-17H,7-10,13,18-20H2,1-6H3. The van der Waals surface area contributed by atoms with Crippen molar-refractivity contribution >= 4 is 15.9 Å². The van der Waals surface area contributed by atoms with Gasteiger partial charge in [0.05, 0.1) is 24.5 Å². The summed E-state index contributed by atoms with van der Waals surface area (Å²) in [7, 11) is -2.86. The molecule has 0 saturated carbocycles. The summed E-state index contributed by atoms with van der Waals surface area (Å²) in [6, 6.07) is 8.44. The van der Waals surface area contributed by atoms with Crippen LogP contribution in [0.15, 0.2) is 45.9 Å². The second-order valence-electron chi connectivity index (χ2n) is 10.6. The highest BCUT2D eigenvalue weighted by Crippen LogP contribution is 2.35. The van der Waals surface area contributed by atoms with Gasteiger partial charge in [-0.1, -0.05) is 43.6 Å². The van der Waals surface area contributed by atoms with Crippen molar-refractivity contribution in [1.82, 2.24) is 24.9 Å². The van der Waals surface area contributed by atoms with Gasteiger partial charge in [-0.15, -0.1) is 5.10 Å². The number of rotatable bonds is 16. The van der Waals surface area contributed by atoms with E-state index in [4.69, 9.17) is 14.0 Å². The highest BCUT2D eigenvalue weighted by molar-refractivity contribution is 7.93. The number of aromatic nitrogens is 5. The minimum absolute atomic E-state index is 0.0498. The summed E-state index contributed by atoms with van der Waals surface area (Å²) in [5.41, 5.74) is 3.30. The zero-order valence-corrected chi connectivity index (χ0v) is 27.3. The van der Waals surface area contributed by atoms with E-state index in [9.17, 15) is 17.2 Å². The van der Waals surface area contributed by atoms with E-state index in [1.165, 1.54) is 31.0 Å². The zero-order chi connectivity index (χ0) is 32.8. The molecule has 0 unspecified atom stereocenters. The van der Waals surface area contributed by atoms with Gasteiger partial charge in [0.25, 0.3) is 10.0 Å². The maximum absolute atomic E-state index is 14.5. The van der Waals surface area contributed by atoms with Crippen LogP contribution >= 0.6 is 0 Å². The van der Waals surface area contributed by atoms with Crippen LogP contribution in [0.5, 0.6) is 0 Å². The summed E-state index contributed by atoms with van der Waals surface area (Å²) < 4.78 is 76.3. The van der Waals surface area contributed by atoms with Gasteiger partial charge >= 0.3 is 5.92 Å². The molecule has 0 aliphatic heterocycles. The van der Waals surface area contributed by atoms with Gasteiger partial charge in [-0.3, -0.25) is 4.98 Å². The second kappa shape index (κ2) is 14.6. The molecule has 0 aliphatic rings. The van der Waals surface area contributed by atoms with Crippen LogP contribution in [0, 0.1) is 13.8 Å². The van der Waals surface area contributed by atoms with Crippen LogP contribution in [0.4, 0.5) is 14.7 Å². The first-order valence-corrected chi connectivity index (χ1v) is 16.3. The maximum atomic E-state index is 14.5. The van der Waals surface area contributed by atoms with Crippen LogP contribution in [-0.2, 0) is 45.0 Å². The Bertz CT molecular complexity index is 1710. The number of benzene rings is 1. The van der Waals surface area contributed by atoms with Crippen molar-refractivity contribution in [3.8, 4) is 11.3 Å². The number of ether oxygens (including phenoxy) is 2. The topological polar surface area (TPSA) is 125 Å². The van der Waals surface area contributed by atoms with E-state index in [1.54, 1.807) is 32.0 Å². The minimum atomic E-state index is -4.25. The average molecular weight is 647 g/mol. The Balaban J connectivity index is 1.79. The lowest BCUT2D eigenvalue weighted by Crippen LogP contribution is -2.33. The molecule has 0 N–H and O–H groups in total. The molecule has 0 atom stereocenters. The molecule has 0 fully saturated rings. The van der Waals surface area contributed by atoms with Gasteiger partial charge in [0.2, 0.25) is 11.7 Å². The molecule has 0 aliphatic carbocycles. The fourth-order valence-electron chi connectivity index (χ4n) is 4.72. The molecule has 0 amide bonds. The Morgan fingerprint density at radius 1 is 1.13 bits per heavy atom. The number of hydrogen-bond acceptors (Lipinski definition) is 9. The van der Waals surface area contributed by atoms with Gasteiger partial charge in [-0.2, -0.15) is 8.78 Å². The highest BCUT2D eigenvalue weighted by Gasteiger charge is 2.35. The van der Waals surface area contributed by atoms with Crippen LogP contribution in [0.3, 0.4) is 0 Å². The molecular weight excluding hydrogens is 606 g/mol. The molecule has 3 heterocycles. The lowest BCUT2D eigenvalue weighted by Gasteiger charge is -2.23. The van der Waals surface area contributed by atoms with Crippen molar-refractivity contribution in [3.05, 3.63) is 70.6 Å². The molecule has 45 heavy (non-hydrogen) atoms. The Labute approximate surface area is 262 Å². The molecule has 0 spiro atoms. The molecule has 4 aromatic rings. The number of alkyl halides is 2. The normalized spacial score (nSPS) is 12.2. The predicted octanol–water partition coefficient (Wildman–Crippen LogP) is 6.17. The van der Waals surface area contributed by atoms with Crippen LogP contribution in [0.25, 0.3) is 11.3 Å².